The van der Waals surface area contributed by atoms with Crippen molar-refractivity contribution >= 4 is 5.91 Å². The van der Waals surface area contributed by atoms with Crippen molar-refractivity contribution in [3.05, 3.63) is 0 Å². The lowest BCUT2D eigenvalue weighted by atomic mass is 9.92. The van der Waals surface area contributed by atoms with Crippen LogP contribution in [-0.4, -0.2) is 36.2 Å². The number of hydrogen-bond donors (Lipinski definition) is 3. The second-order valence-corrected chi connectivity index (χ2v) is 4.96. The molecule has 3 N–H and O–H groups in total. The monoisotopic (exact) mass is 242 g/mol. The first-order valence-electron chi connectivity index (χ1n) is 6.82. The predicted octanol–water partition coefficient (Wildman–Crippen LogP) is 1.04. The number of hydrogen-bond acceptors (Lipinski definition) is 3. The lowest BCUT2D eigenvalue weighted by molar-refractivity contribution is -0.127. The van der Waals surface area contributed by atoms with Gasteiger partial charge in [-0.1, -0.05) is 20.3 Å². The minimum absolute atomic E-state index is 0.133. The highest BCUT2D eigenvalue weighted by molar-refractivity contribution is 5.86. The van der Waals surface area contributed by atoms with Gasteiger partial charge in [-0.2, -0.15) is 0 Å². The first kappa shape index (κ1) is 14.5. The molecule has 2 atom stereocenters. The van der Waals surface area contributed by atoms with E-state index < -0.39 is 0 Å². The van der Waals surface area contributed by atoms with E-state index in [2.05, 4.69) is 24.5 Å². The van der Waals surface area contributed by atoms with Gasteiger partial charge in [0.05, 0.1) is 5.54 Å². The molecule has 0 aromatic carbocycles. The third-order valence-corrected chi connectivity index (χ3v) is 3.95. The van der Waals surface area contributed by atoms with Crippen molar-refractivity contribution in [1.29, 1.82) is 0 Å². The zero-order valence-corrected chi connectivity index (χ0v) is 11.1. The van der Waals surface area contributed by atoms with Crippen LogP contribution in [0.4, 0.5) is 0 Å². The standard InChI is InChI=1S/C13H26N2O2/c1-3-11(6-9-16)10-14-12(17)13(4-2)7-5-8-15-13/h11,15-16H,3-10H2,1-2H3,(H,14,17). The minimum atomic E-state index is -0.336. The second-order valence-electron chi connectivity index (χ2n) is 4.96. The van der Waals surface area contributed by atoms with E-state index in [1.807, 2.05) is 0 Å². The maximum absolute atomic E-state index is 12.2. The summed E-state index contributed by atoms with van der Waals surface area (Å²) < 4.78 is 0. The summed E-state index contributed by atoms with van der Waals surface area (Å²) in [5, 5.41) is 15.3. The van der Waals surface area contributed by atoms with E-state index >= 15 is 0 Å². The maximum Gasteiger partial charge on any atom is 0.240 e. The van der Waals surface area contributed by atoms with Gasteiger partial charge in [-0.3, -0.25) is 4.79 Å². The Morgan fingerprint density at radius 2 is 2.29 bits per heavy atom. The molecule has 4 heteroatoms. The second kappa shape index (κ2) is 6.97. The topological polar surface area (TPSA) is 61.4 Å². The fourth-order valence-electron chi connectivity index (χ4n) is 2.50. The average molecular weight is 242 g/mol. The van der Waals surface area contributed by atoms with Gasteiger partial charge in [0.2, 0.25) is 5.91 Å². The Labute approximate surface area is 104 Å². The molecule has 17 heavy (non-hydrogen) atoms. The smallest absolute Gasteiger partial charge is 0.240 e. The minimum Gasteiger partial charge on any atom is -0.396 e. The Balaban J connectivity index is 2.42. The van der Waals surface area contributed by atoms with E-state index in [9.17, 15) is 4.79 Å². The molecule has 0 aromatic rings. The summed E-state index contributed by atoms with van der Waals surface area (Å²) in [6.07, 6.45) is 4.62. The molecular formula is C13H26N2O2. The number of aliphatic hydroxyl groups is 1. The molecule has 1 amide bonds. The van der Waals surface area contributed by atoms with Gasteiger partial charge in [0.1, 0.15) is 0 Å². The van der Waals surface area contributed by atoms with Crippen molar-refractivity contribution in [3.8, 4) is 0 Å². The molecule has 1 fully saturated rings. The normalized spacial score (nSPS) is 25.8. The molecule has 4 nitrogen and oxygen atoms in total. The Morgan fingerprint density at radius 1 is 1.53 bits per heavy atom. The van der Waals surface area contributed by atoms with Gasteiger partial charge in [0, 0.05) is 13.2 Å². The molecule has 1 aliphatic heterocycles. The van der Waals surface area contributed by atoms with Gasteiger partial charge in [0.25, 0.3) is 0 Å². The van der Waals surface area contributed by atoms with Crippen molar-refractivity contribution in [3.63, 3.8) is 0 Å². The molecule has 1 aliphatic rings. The van der Waals surface area contributed by atoms with Gasteiger partial charge in [-0.05, 0) is 38.1 Å². The summed E-state index contributed by atoms with van der Waals surface area (Å²) in [6, 6.07) is 0. The molecule has 0 saturated carbocycles. The van der Waals surface area contributed by atoms with Crippen LogP contribution in [0.1, 0.15) is 46.0 Å². The summed E-state index contributed by atoms with van der Waals surface area (Å²) >= 11 is 0. The van der Waals surface area contributed by atoms with E-state index in [1.165, 1.54) is 0 Å². The van der Waals surface area contributed by atoms with Crippen molar-refractivity contribution in [1.82, 2.24) is 10.6 Å². The Kier molecular flexibility index (Phi) is 5.92. The average Bonchev–Trinajstić information content (AvgIpc) is 2.84. The summed E-state index contributed by atoms with van der Waals surface area (Å²) in [5.74, 6) is 0.521. The van der Waals surface area contributed by atoms with Crippen LogP contribution in [0, 0.1) is 5.92 Å². The van der Waals surface area contributed by atoms with Crippen LogP contribution in [0.3, 0.4) is 0 Å². The lowest BCUT2D eigenvalue weighted by Crippen LogP contribution is -2.53. The summed E-state index contributed by atoms with van der Waals surface area (Å²) in [5.41, 5.74) is -0.336. The lowest BCUT2D eigenvalue weighted by Gasteiger charge is -2.27. The molecule has 1 heterocycles. The quantitative estimate of drug-likeness (QED) is 0.625. The predicted molar refractivity (Wildman–Crippen MR) is 68.8 cm³/mol. The number of carbonyl (C=O) groups excluding carboxylic acids is 1. The van der Waals surface area contributed by atoms with Crippen molar-refractivity contribution in [2.24, 2.45) is 5.92 Å². The Morgan fingerprint density at radius 3 is 2.76 bits per heavy atom. The van der Waals surface area contributed by atoms with Crippen molar-refractivity contribution in [2.45, 2.75) is 51.5 Å². The fourth-order valence-corrected chi connectivity index (χ4v) is 2.50. The molecule has 0 aliphatic carbocycles. The number of amides is 1. The maximum atomic E-state index is 12.2. The molecule has 100 valence electrons. The summed E-state index contributed by atoms with van der Waals surface area (Å²) in [6.45, 7) is 5.97. The molecule has 0 aromatic heterocycles. The van der Waals surface area contributed by atoms with Gasteiger partial charge in [-0.15, -0.1) is 0 Å². The molecule has 2 unspecified atom stereocenters. The van der Waals surface area contributed by atoms with Gasteiger partial charge in [0.15, 0.2) is 0 Å². The highest BCUT2D eigenvalue weighted by Crippen LogP contribution is 2.23. The Bertz CT molecular complexity index is 238. The zero-order chi connectivity index (χ0) is 12.7. The van der Waals surface area contributed by atoms with E-state index in [0.717, 1.165) is 38.6 Å². The van der Waals surface area contributed by atoms with Crippen LogP contribution < -0.4 is 10.6 Å². The third kappa shape index (κ3) is 3.68. The zero-order valence-electron chi connectivity index (χ0n) is 11.1. The Hall–Kier alpha value is -0.610. The molecule has 1 saturated heterocycles. The number of aliphatic hydroxyl groups excluding tert-OH is 1. The van der Waals surface area contributed by atoms with E-state index in [-0.39, 0.29) is 18.1 Å². The number of carbonyl (C=O) groups is 1. The molecular weight excluding hydrogens is 216 g/mol. The summed E-state index contributed by atoms with van der Waals surface area (Å²) in [4.78, 5) is 12.2. The molecule has 0 radical (unpaired) electrons. The van der Waals surface area contributed by atoms with Gasteiger partial charge >= 0.3 is 0 Å². The van der Waals surface area contributed by atoms with E-state index in [1.54, 1.807) is 0 Å². The molecule has 0 spiro atoms. The van der Waals surface area contributed by atoms with Crippen molar-refractivity contribution in [2.75, 3.05) is 19.7 Å². The number of nitrogens with one attached hydrogen (secondary N) is 2. The van der Waals surface area contributed by atoms with Crippen LogP contribution in [0.5, 0.6) is 0 Å². The highest BCUT2D eigenvalue weighted by Gasteiger charge is 2.38. The molecule has 0 bridgehead atoms. The van der Waals surface area contributed by atoms with Crippen LogP contribution in [0.15, 0.2) is 0 Å². The number of rotatable bonds is 7. The van der Waals surface area contributed by atoms with Gasteiger partial charge < -0.3 is 15.7 Å². The summed E-state index contributed by atoms with van der Waals surface area (Å²) in [7, 11) is 0. The van der Waals surface area contributed by atoms with Crippen molar-refractivity contribution < 1.29 is 9.90 Å². The van der Waals surface area contributed by atoms with Gasteiger partial charge in [-0.25, -0.2) is 0 Å². The van der Waals surface area contributed by atoms with Crippen LogP contribution in [-0.2, 0) is 4.79 Å². The molecule has 1 rings (SSSR count). The van der Waals surface area contributed by atoms with E-state index in [4.69, 9.17) is 5.11 Å². The fraction of sp³-hybridized carbons (Fsp3) is 0.923. The third-order valence-electron chi connectivity index (χ3n) is 3.95. The van der Waals surface area contributed by atoms with Crippen LogP contribution in [0.2, 0.25) is 0 Å². The largest absolute Gasteiger partial charge is 0.396 e. The van der Waals surface area contributed by atoms with Crippen LogP contribution in [0.25, 0.3) is 0 Å². The SMILES string of the molecule is CCC(CCO)CNC(=O)C1(CC)CCCN1. The highest BCUT2D eigenvalue weighted by atomic mass is 16.3. The first-order valence-corrected chi connectivity index (χ1v) is 6.82. The van der Waals surface area contributed by atoms with E-state index in [0.29, 0.717) is 12.5 Å². The first-order chi connectivity index (χ1) is 8.18. The van der Waals surface area contributed by atoms with Crippen LogP contribution >= 0.6 is 0 Å².